The molecule has 10 heteroatoms. The number of allylic oxidation sites excluding steroid dienone is 1. The highest BCUT2D eigenvalue weighted by atomic mass is 32.1. The molecular weight excluding hydrogens is 464 g/mol. The number of fused-ring (bicyclic) bond motifs is 1. The van der Waals surface area contributed by atoms with Crippen molar-refractivity contribution in [3.8, 4) is 17.2 Å². The van der Waals surface area contributed by atoms with Crippen LogP contribution in [-0.4, -0.2) is 39.0 Å². The number of methoxy groups -OCH3 is 4. The smallest absolute Gasteiger partial charge is 0.338 e. The second-order valence-electron chi connectivity index (χ2n) is 7.05. The van der Waals surface area contributed by atoms with Gasteiger partial charge in [0.1, 0.15) is 6.04 Å². The van der Waals surface area contributed by atoms with Crippen molar-refractivity contribution in [3.05, 3.63) is 71.0 Å². The maximum Gasteiger partial charge on any atom is 0.338 e. The third kappa shape index (κ3) is 3.96. The van der Waals surface area contributed by atoms with E-state index in [4.69, 9.17) is 18.9 Å². The number of aromatic nitrogens is 1. The van der Waals surface area contributed by atoms with Gasteiger partial charge in [0, 0.05) is 4.88 Å². The molecule has 3 heterocycles. The molecule has 0 radical (unpaired) electrons. The molecule has 172 valence electrons. The first kappa shape index (κ1) is 22.8. The first-order valence-corrected chi connectivity index (χ1v) is 11.6. The first-order chi connectivity index (χ1) is 15.9. The Morgan fingerprint density at radius 2 is 1.82 bits per heavy atom. The van der Waals surface area contributed by atoms with Crippen LogP contribution in [0.1, 0.15) is 23.4 Å². The van der Waals surface area contributed by atoms with Crippen LogP contribution in [0.25, 0.3) is 6.08 Å². The lowest BCUT2D eigenvalue weighted by Gasteiger charge is -2.22. The first-order valence-electron chi connectivity index (χ1n) is 9.87. The molecule has 2 aromatic heterocycles. The van der Waals surface area contributed by atoms with Crippen LogP contribution in [-0.2, 0) is 9.53 Å². The van der Waals surface area contributed by atoms with E-state index >= 15 is 0 Å². The van der Waals surface area contributed by atoms with Crippen LogP contribution in [0.2, 0.25) is 0 Å². The highest BCUT2D eigenvalue weighted by Gasteiger charge is 2.33. The minimum absolute atomic E-state index is 0.250. The lowest BCUT2D eigenvalue weighted by Crippen LogP contribution is -2.39. The fraction of sp³-hybridized carbons (Fsp3) is 0.261. The highest BCUT2D eigenvalue weighted by molar-refractivity contribution is 7.10. The molecule has 0 fully saturated rings. The van der Waals surface area contributed by atoms with Gasteiger partial charge in [0.2, 0.25) is 5.75 Å². The number of thiazole rings is 1. The number of thiophene rings is 1. The Bertz CT molecular complexity index is 1390. The number of carbonyl (C=O) groups is 1. The molecule has 1 aliphatic heterocycles. The van der Waals surface area contributed by atoms with E-state index in [2.05, 4.69) is 4.99 Å². The van der Waals surface area contributed by atoms with Gasteiger partial charge in [0.15, 0.2) is 16.3 Å². The van der Waals surface area contributed by atoms with Gasteiger partial charge < -0.3 is 18.9 Å². The second kappa shape index (κ2) is 9.24. The number of ether oxygens (including phenoxy) is 4. The van der Waals surface area contributed by atoms with Crippen molar-refractivity contribution in [2.75, 3.05) is 28.4 Å². The Balaban J connectivity index is 1.94. The van der Waals surface area contributed by atoms with E-state index in [0.717, 1.165) is 4.88 Å². The van der Waals surface area contributed by atoms with Crippen molar-refractivity contribution in [1.82, 2.24) is 4.57 Å². The summed E-state index contributed by atoms with van der Waals surface area (Å²) in [6.45, 7) is 1.75. The molecule has 0 spiro atoms. The van der Waals surface area contributed by atoms with E-state index in [1.165, 1.54) is 51.1 Å². The summed E-state index contributed by atoms with van der Waals surface area (Å²) in [7, 11) is 5.92. The Hall–Kier alpha value is -3.37. The van der Waals surface area contributed by atoms with Crippen LogP contribution in [0.4, 0.5) is 0 Å². The van der Waals surface area contributed by atoms with Crippen molar-refractivity contribution in [2.24, 2.45) is 4.99 Å². The van der Waals surface area contributed by atoms with Gasteiger partial charge in [0.25, 0.3) is 5.56 Å². The zero-order chi connectivity index (χ0) is 23.7. The standard InChI is InChI=1S/C23H22N2O6S2/c1-12-18(22(27)31-5)19(16-7-6-8-32-16)25-21(26)17(33-23(25)24-12)11-13-9-14(28-2)20(30-4)15(10-13)29-3/h6-11,19H,1-5H3/b17-11-/t19-/m0/s1. The third-order valence-electron chi connectivity index (χ3n) is 5.22. The number of hydrogen-bond donors (Lipinski definition) is 0. The van der Waals surface area contributed by atoms with Crippen LogP contribution in [0.15, 0.2) is 50.7 Å². The molecule has 4 rings (SSSR count). The Morgan fingerprint density at radius 3 is 2.36 bits per heavy atom. The van der Waals surface area contributed by atoms with Gasteiger partial charge in [-0.1, -0.05) is 17.4 Å². The zero-order valence-corrected chi connectivity index (χ0v) is 20.3. The average molecular weight is 487 g/mol. The fourth-order valence-electron chi connectivity index (χ4n) is 3.74. The van der Waals surface area contributed by atoms with Crippen LogP contribution in [0, 0.1) is 0 Å². The second-order valence-corrected chi connectivity index (χ2v) is 9.04. The maximum absolute atomic E-state index is 13.5. The molecule has 8 nitrogen and oxygen atoms in total. The van der Waals surface area contributed by atoms with Crippen molar-refractivity contribution >= 4 is 34.7 Å². The van der Waals surface area contributed by atoms with Crippen molar-refractivity contribution in [3.63, 3.8) is 0 Å². The van der Waals surface area contributed by atoms with Crippen molar-refractivity contribution < 1.29 is 23.7 Å². The highest BCUT2D eigenvalue weighted by Crippen LogP contribution is 2.38. The van der Waals surface area contributed by atoms with E-state index in [1.807, 2.05) is 17.5 Å². The van der Waals surface area contributed by atoms with Crippen LogP contribution < -0.4 is 29.1 Å². The molecule has 1 aromatic carbocycles. The zero-order valence-electron chi connectivity index (χ0n) is 18.7. The summed E-state index contributed by atoms with van der Waals surface area (Å²) < 4.78 is 23.2. The molecule has 0 N–H and O–H groups in total. The molecule has 0 saturated heterocycles. The van der Waals surface area contributed by atoms with Crippen LogP contribution >= 0.6 is 22.7 Å². The van der Waals surface area contributed by atoms with E-state index in [0.29, 0.717) is 43.4 Å². The Kier molecular flexibility index (Phi) is 6.39. The predicted molar refractivity (Wildman–Crippen MR) is 126 cm³/mol. The minimum Gasteiger partial charge on any atom is -0.493 e. The van der Waals surface area contributed by atoms with Gasteiger partial charge in [0.05, 0.1) is 44.2 Å². The molecule has 0 saturated carbocycles. The lowest BCUT2D eigenvalue weighted by atomic mass is 10.0. The van der Waals surface area contributed by atoms with E-state index < -0.39 is 12.0 Å². The summed E-state index contributed by atoms with van der Waals surface area (Å²) in [5.74, 6) is 0.926. The summed E-state index contributed by atoms with van der Waals surface area (Å²) in [5, 5.41) is 1.91. The SMILES string of the molecule is COC(=O)C1=C(C)N=c2s/c(=C\c3cc(OC)c(OC)c(OC)c3)c(=O)n2[C@H]1c1cccs1. The van der Waals surface area contributed by atoms with Gasteiger partial charge in [-0.2, -0.15) is 0 Å². The minimum atomic E-state index is -0.601. The van der Waals surface area contributed by atoms with Crippen LogP contribution in [0.3, 0.4) is 0 Å². The van der Waals surface area contributed by atoms with Gasteiger partial charge in [-0.3, -0.25) is 9.36 Å². The molecule has 1 aliphatic rings. The summed E-state index contributed by atoms with van der Waals surface area (Å²) in [5.41, 5.74) is 1.33. The fourth-order valence-corrected chi connectivity index (χ4v) is 5.61. The summed E-state index contributed by atoms with van der Waals surface area (Å²) in [4.78, 5) is 32.1. The number of nitrogens with zero attached hydrogens (tertiary/aromatic N) is 2. The summed E-state index contributed by atoms with van der Waals surface area (Å²) in [6, 6.07) is 6.71. The van der Waals surface area contributed by atoms with Gasteiger partial charge in [-0.25, -0.2) is 9.79 Å². The largest absolute Gasteiger partial charge is 0.493 e. The van der Waals surface area contributed by atoms with E-state index in [1.54, 1.807) is 29.7 Å². The number of hydrogen-bond acceptors (Lipinski definition) is 9. The molecule has 0 bridgehead atoms. The number of rotatable bonds is 6. The molecule has 3 aromatic rings. The number of esters is 1. The molecule has 0 amide bonds. The Morgan fingerprint density at radius 1 is 1.12 bits per heavy atom. The van der Waals surface area contributed by atoms with Gasteiger partial charge in [-0.15, -0.1) is 11.3 Å². The predicted octanol–water partition coefficient (Wildman–Crippen LogP) is 2.50. The van der Waals surface area contributed by atoms with Crippen molar-refractivity contribution in [2.45, 2.75) is 13.0 Å². The molecular formula is C23H22N2O6S2. The number of benzene rings is 1. The molecule has 0 aliphatic carbocycles. The van der Waals surface area contributed by atoms with Crippen LogP contribution in [0.5, 0.6) is 17.2 Å². The molecule has 33 heavy (non-hydrogen) atoms. The normalized spacial score (nSPS) is 15.7. The van der Waals surface area contributed by atoms with Gasteiger partial charge >= 0.3 is 5.97 Å². The number of carbonyl (C=O) groups excluding carboxylic acids is 1. The topological polar surface area (TPSA) is 88.4 Å². The monoisotopic (exact) mass is 486 g/mol. The van der Waals surface area contributed by atoms with Gasteiger partial charge in [-0.05, 0) is 42.1 Å². The lowest BCUT2D eigenvalue weighted by molar-refractivity contribution is -0.136. The summed E-state index contributed by atoms with van der Waals surface area (Å²) in [6.07, 6.45) is 1.75. The van der Waals surface area contributed by atoms with E-state index in [9.17, 15) is 9.59 Å². The van der Waals surface area contributed by atoms with E-state index in [-0.39, 0.29) is 5.56 Å². The molecule has 1 atom stereocenters. The average Bonchev–Trinajstić information content (AvgIpc) is 3.45. The quantitative estimate of drug-likeness (QED) is 0.498. The van der Waals surface area contributed by atoms with Crippen molar-refractivity contribution in [1.29, 1.82) is 0 Å². The maximum atomic E-state index is 13.5. The Labute approximate surface area is 197 Å². The molecule has 0 unspecified atom stereocenters. The third-order valence-corrected chi connectivity index (χ3v) is 7.13. The summed E-state index contributed by atoms with van der Waals surface area (Å²) >= 11 is 2.72.